The van der Waals surface area contributed by atoms with Crippen LogP contribution in [0.25, 0.3) is 22.9 Å². The largest absolute Gasteiger partial charge is 0.496 e. The Morgan fingerprint density at radius 1 is 1.00 bits per heavy atom. The van der Waals surface area contributed by atoms with Crippen molar-refractivity contribution in [3.05, 3.63) is 48.5 Å². The van der Waals surface area contributed by atoms with Crippen molar-refractivity contribution < 1.29 is 17.6 Å². The normalized spacial score (nSPS) is 11.7. The van der Waals surface area contributed by atoms with Gasteiger partial charge < -0.3 is 9.15 Å². The van der Waals surface area contributed by atoms with E-state index in [-0.39, 0.29) is 10.8 Å². The van der Waals surface area contributed by atoms with Crippen LogP contribution in [-0.2, 0) is 10.0 Å². The lowest BCUT2D eigenvalue weighted by Gasteiger charge is -2.18. The quantitative estimate of drug-likeness (QED) is 0.617. The molecule has 0 saturated heterocycles. The van der Waals surface area contributed by atoms with Gasteiger partial charge >= 0.3 is 0 Å². The third-order valence-electron chi connectivity index (χ3n) is 4.19. The maximum atomic E-state index is 12.7. The molecule has 1 heterocycles. The Morgan fingerprint density at radius 3 is 2.41 bits per heavy atom. The topological polar surface area (TPSA) is 85.5 Å². The standard InChI is InChI=1S/C19H21N3O4S/c1-4-22(5-2)27(23,24)15-10-8-9-14(13-15)18-20-21-19(26-18)16-11-6-7-12-17(16)25-3/h6-13H,4-5H2,1-3H3. The molecule has 8 heteroatoms. The van der Waals surface area contributed by atoms with Crippen LogP contribution < -0.4 is 4.74 Å². The molecule has 0 aliphatic rings. The molecule has 2 aromatic carbocycles. The van der Waals surface area contributed by atoms with Gasteiger partial charge in [0.15, 0.2) is 0 Å². The summed E-state index contributed by atoms with van der Waals surface area (Å²) in [6.45, 7) is 4.42. The monoisotopic (exact) mass is 387 g/mol. The molecule has 1 aromatic heterocycles. The summed E-state index contributed by atoms with van der Waals surface area (Å²) in [6, 6.07) is 13.8. The fraction of sp³-hybridized carbons (Fsp3) is 0.263. The van der Waals surface area contributed by atoms with E-state index < -0.39 is 10.0 Å². The Hall–Kier alpha value is -2.71. The van der Waals surface area contributed by atoms with Crippen LogP contribution in [-0.4, -0.2) is 43.1 Å². The molecule has 3 rings (SSSR count). The van der Waals surface area contributed by atoms with Crippen LogP contribution in [0.2, 0.25) is 0 Å². The molecule has 27 heavy (non-hydrogen) atoms. The molecular formula is C19H21N3O4S. The second-order valence-electron chi connectivity index (χ2n) is 5.73. The highest BCUT2D eigenvalue weighted by Gasteiger charge is 2.23. The van der Waals surface area contributed by atoms with Gasteiger partial charge in [0, 0.05) is 18.7 Å². The van der Waals surface area contributed by atoms with Crippen molar-refractivity contribution in [1.29, 1.82) is 0 Å². The number of benzene rings is 2. The summed E-state index contributed by atoms with van der Waals surface area (Å²) in [4.78, 5) is 0.195. The molecule has 7 nitrogen and oxygen atoms in total. The lowest BCUT2D eigenvalue weighted by atomic mass is 10.2. The number of hydrogen-bond acceptors (Lipinski definition) is 6. The molecule has 0 N–H and O–H groups in total. The third-order valence-corrected chi connectivity index (χ3v) is 6.23. The van der Waals surface area contributed by atoms with Gasteiger partial charge in [0.25, 0.3) is 5.89 Å². The Bertz CT molecular complexity index is 1030. The van der Waals surface area contributed by atoms with Gasteiger partial charge in [0.1, 0.15) is 5.75 Å². The summed E-state index contributed by atoms with van der Waals surface area (Å²) in [5.74, 6) is 1.16. The van der Waals surface area contributed by atoms with Gasteiger partial charge in [0.2, 0.25) is 15.9 Å². The van der Waals surface area contributed by atoms with Crippen LogP contribution in [0.15, 0.2) is 57.8 Å². The van der Waals surface area contributed by atoms with Gasteiger partial charge in [0.05, 0.1) is 17.6 Å². The molecule has 0 aliphatic carbocycles. The summed E-state index contributed by atoms with van der Waals surface area (Å²) in [5.41, 5.74) is 1.21. The number of rotatable bonds is 7. The number of hydrogen-bond donors (Lipinski definition) is 0. The fourth-order valence-corrected chi connectivity index (χ4v) is 4.28. The number of aromatic nitrogens is 2. The average Bonchev–Trinajstić information content (AvgIpc) is 3.19. The molecule has 0 amide bonds. The van der Waals surface area contributed by atoms with Crippen LogP contribution in [0.1, 0.15) is 13.8 Å². The van der Waals surface area contributed by atoms with Crippen LogP contribution >= 0.6 is 0 Å². The van der Waals surface area contributed by atoms with Crippen molar-refractivity contribution >= 4 is 10.0 Å². The fourth-order valence-electron chi connectivity index (χ4n) is 2.77. The summed E-state index contributed by atoms with van der Waals surface area (Å²) in [5, 5.41) is 8.14. The summed E-state index contributed by atoms with van der Waals surface area (Å²) >= 11 is 0. The SMILES string of the molecule is CCN(CC)S(=O)(=O)c1cccc(-c2nnc(-c3ccccc3OC)o2)c1. The number of para-hydroxylation sites is 1. The molecule has 0 spiro atoms. The smallest absolute Gasteiger partial charge is 0.251 e. The second kappa shape index (κ2) is 7.89. The minimum Gasteiger partial charge on any atom is -0.496 e. The van der Waals surface area contributed by atoms with Crippen LogP contribution in [0.4, 0.5) is 0 Å². The number of sulfonamides is 1. The second-order valence-corrected chi connectivity index (χ2v) is 7.67. The van der Waals surface area contributed by atoms with E-state index >= 15 is 0 Å². The molecule has 0 unspecified atom stereocenters. The van der Waals surface area contributed by atoms with Gasteiger partial charge in [-0.25, -0.2) is 8.42 Å². The Balaban J connectivity index is 1.99. The summed E-state index contributed by atoms with van der Waals surface area (Å²) in [6.07, 6.45) is 0. The number of ether oxygens (including phenoxy) is 1. The Kier molecular flexibility index (Phi) is 5.57. The zero-order valence-corrected chi connectivity index (χ0v) is 16.2. The van der Waals surface area contributed by atoms with Crippen molar-refractivity contribution in [2.45, 2.75) is 18.7 Å². The molecule has 0 bridgehead atoms. The predicted molar refractivity (Wildman–Crippen MR) is 102 cm³/mol. The molecule has 3 aromatic rings. The Labute approximate surface area is 158 Å². The van der Waals surface area contributed by atoms with Crippen molar-refractivity contribution in [3.63, 3.8) is 0 Å². The van der Waals surface area contributed by atoms with Gasteiger partial charge in [-0.15, -0.1) is 10.2 Å². The van der Waals surface area contributed by atoms with Crippen molar-refractivity contribution in [2.24, 2.45) is 0 Å². The highest BCUT2D eigenvalue weighted by molar-refractivity contribution is 7.89. The highest BCUT2D eigenvalue weighted by Crippen LogP contribution is 2.31. The lowest BCUT2D eigenvalue weighted by molar-refractivity contribution is 0.414. The van der Waals surface area contributed by atoms with E-state index in [4.69, 9.17) is 9.15 Å². The van der Waals surface area contributed by atoms with E-state index in [2.05, 4.69) is 10.2 Å². The summed E-state index contributed by atoms with van der Waals surface area (Å²) < 4.78 is 38.0. The number of methoxy groups -OCH3 is 1. The maximum Gasteiger partial charge on any atom is 0.251 e. The molecule has 0 radical (unpaired) electrons. The van der Waals surface area contributed by atoms with Crippen LogP contribution in [0, 0.1) is 0 Å². The van der Waals surface area contributed by atoms with Crippen LogP contribution in [0.5, 0.6) is 5.75 Å². The minimum absolute atomic E-state index is 0.195. The third kappa shape index (κ3) is 3.72. The van der Waals surface area contributed by atoms with E-state index in [1.165, 1.54) is 4.31 Å². The van der Waals surface area contributed by atoms with Gasteiger partial charge in [-0.1, -0.05) is 32.0 Å². The average molecular weight is 387 g/mol. The first kappa shape index (κ1) is 19.1. The molecule has 0 fully saturated rings. The van der Waals surface area contributed by atoms with E-state index in [0.717, 1.165) is 0 Å². The van der Waals surface area contributed by atoms with Crippen molar-refractivity contribution in [2.75, 3.05) is 20.2 Å². The van der Waals surface area contributed by atoms with Gasteiger partial charge in [-0.3, -0.25) is 0 Å². The zero-order valence-electron chi connectivity index (χ0n) is 15.4. The predicted octanol–water partition coefficient (Wildman–Crippen LogP) is 3.44. The molecular weight excluding hydrogens is 366 g/mol. The van der Waals surface area contributed by atoms with E-state index in [9.17, 15) is 8.42 Å². The zero-order chi connectivity index (χ0) is 19.4. The van der Waals surface area contributed by atoms with E-state index in [1.54, 1.807) is 37.4 Å². The molecule has 0 saturated carbocycles. The van der Waals surface area contributed by atoms with Gasteiger partial charge in [-0.2, -0.15) is 4.31 Å². The van der Waals surface area contributed by atoms with Crippen molar-refractivity contribution in [3.8, 4) is 28.7 Å². The lowest BCUT2D eigenvalue weighted by Crippen LogP contribution is -2.30. The van der Waals surface area contributed by atoms with E-state index in [1.807, 2.05) is 32.0 Å². The minimum atomic E-state index is -3.56. The first-order chi connectivity index (χ1) is 13.0. The highest BCUT2D eigenvalue weighted by atomic mass is 32.2. The van der Waals surface area contributed by atoms with Gasteiger partial charge in [-0.05, 0) is 30.3 Å². The molecule has 142 valence electrons. The first-order valence-electron chi connectivity index (χ1n) is 8.58. The van der Waals surface area contributed by atoms with Crippen LogP contribution in [0.3, 0.4) is 0 Å². The Morgan fingerprint density at radius 2 is 1.70 bits per heavy atom. The maximum absolute atomic E-state index is 12.7. The number of nitrogens with zero attached hydrogens (tertiary/aromatic N) is 3. The molecule has 0 aliphatic heterocycles. The summed E-state index contributed by atoms with van der Waals surface area (Å²) in [7, 11) is -2.00. The molecule has 0 atom stereocenters. The first-order valence-corrected chi connectivity index (χ1v) is 10.0. The van der Waals surface area contributed by atoms with Crippen molar-refractivity contribution in [1.82, 2.24) is 14.5 Å². The van der Waals surface area contributed by atoms with E-state index in [0.29, 0.717) is 35.9 Å².